The van der Waals surface area contributed by atoms with Crippen molar-refractivity contribution in [1.29, 1.82) is 0 Å². The lowest BCUT2D eigenvalue weighted by Gasteiger charge is -2.30. The maximum Gasteiger partial charge on any atom is 0.244 e. The van der Waals surface area contributed by atoms with Gasteiger partial charge in [-0.15, -0.1) is 0 Å². The van der Waals surface area contributed by atoms with E-state index in [1.165, 1.54) is 39.3 Å². The molecule has 1 amide bonds. The first kappa shape index (κ1) is 24.1. The molecule has 0 aliphatic heterocycles. The Kier molecular flexibility index (Phi) is 7.85. The number of anilines is 1. The van der Waals surface area contributed by atoms with Gasteiger partial charge in [0, 0.05) is 5.02 Å². The van der Waals surface area contributed by atoms with Crippen molar-refractivity contribution in [3.05, 3.63) is 52.0 Å². The molecule has 0 aliphatic rings. The van der Waals surface area contributed by atoms with Crippen molar-refractivity contribution >= 4 is 44.8 Å². The summed E-state index contributed by atoms with van der Waals surface area (Å²) in [5, 5.41) is 3.29. The van der Waals surface area contributed by atoms with E-state index < -0.39 is 28.0 Å². The summed E-state index contributed by atoms with van der Waals surface area (Å²) in [7, 11) is -0.776. The van der Waals surface area contributed by atoms with Crippen LogP contribution in [0.2, 0.25) is 10.0 Å². The smallest absolute Gasteiger partial charge is 0.244 e. The van der Waals surface area contributed by atoms with E-state index in [0.29, 0.717) is 16.5 Å². The van der Waals surface area contributed by atoms with Gasteiger partial charge in [0.2, 0.25) is 15.9 Å². The molecule has 0 heterocycles. The minimum atomic E-state index is -3.83. The predicted molar refractivity (Wildman–Crippen MR) is 119 cm³/mol. The number of halogens is 2. The molecule has 30 heavy (non-hydrogen) atoms. The molecule has 0 saturated carbocycles. The summed E-state index contributed by atoms with van der Waals surface area (Å²) < 4.78 is 36.4. The molecule has 1 N–H and O–H groups in total. The number of hydrogen-bond acceptors (Lipinski definition) is 5. The lowest BCUT2D eigenvalue weighted by Crippen LogP contribution is -2.48. The van der Waals surface area contributed by atoms with E-state index in [1.807, 2.05) is 0 Å². The maximum absolute atomic E-state index is 12.9. The molecule has 0 aliphatic carbocycles. The van der Waals surface area contributed by atoms with Crippen LogP contribution >= 0.6 is 23.2 Å². The van der Waals surface area contributed by atoms with Crippen LogP contribution in [0.4, 0.5) is 5.69 Å². The molecule has 7 nitrogen and oxygen atoms in total. The fourth-order valence-electron chi connectivity index (χ4n) is 2.98. The van der Waals surface area contributed by atoms with E-state index in [-0.39, 0.29) is 10.7 Å². The summed E-state index contributed by atoms with van der Waals surface area (Å²) >= 11 is 12.2. The zero-order chi connectivity index (χ0) is 22.6. The second-order valence-electron chi connectivity index (χ2n) is 6.68. The van der Waals surface area contributed by atoms with Crippen molar-refractivity contribution in [3.63, 3.8) is 0 Å². The molecular weight excluding hydrogens is 451 g/mol. The maximum atomic E-state index is 12.9. The third-order valence-electron chi connectivity index (χ3n) is 4.50. The summed E-state index contributed by atoms with van der Waals surface area (Å²) in [4.78, 5) is 12.9. The Hall–Kier alpha value is -2.16. The first-order chi connectivity index (χ1) is 14.0. The minimum Gasteiger partial charge on any atom is -0.493 e. The number of sulfonamides is 1. The molecule has 2 aromatic rings. The van der Waals surface area contributed by atoms with Gasteiger partial charge in [0.15, 0.2) is 11.5 Å². The van der Waals surface area contributed by atoms with Gasteiger partial charge in [-0.3, -0.25) is 9.10 Å². The molecule has 0 fully saturated rings. The Balaban J connectivity index is 2.30. The fourth-order valence-corrected chi connectivity index (χ4v) is 4.58. The Morgan fingerprint density at radius 1 is 1.03 bits per heavy atom. The van der Waals surface area contributed by atoms with E-state index in [1.54, 1.807) is 25.1 Å². The second-order valence-corrected chi connectivity index (χ2v) is 9.38. The van der Waals surface area contributed by atoms with E-state index >= 15 is 0 Å². The van der Waals surface area contributed by atoms with Gasteiger partial charge >= 0.3 is 0 Å². The molecule has 0 bridgehead atoms. The molecular formula is C20H24Cl2N2O5S. The lowest BCUT2D eigenvalue weighted by atomic mass is 10.1. The Morgan fingerprint density at radius 2 is 1.67 bits per heavy atom. The highest BCUT2D eigenvalue weighted by Crippen LogP contribution is 2.33. The molecule has 2 aromatic carbocycles. The van der Waals surface area contributed by atoms with Gasteiger partial charge in [-0.1, -0.05) is 29.3 Å². The van der Waals surface area contributed by atoms with Crippen LogP contribution in [0.15, 0.2) is 36.4 Å². The van der Waals surface area contributed by atoms with Crippen molar-refractivity contribution in [2.24, 2.45) is 0 Å². The van der Waals surface area contributed by atoms with Gasteiger partial charge in [0.25, 0.3) is 0 Å². The number of nitrogens with one attached hydrogen (secondary N) is 1. The normalized spacial score (nSPS) is 13.3. The first-order valence-electron chi connectivity index (χ1n) is 8.96. The number of carbonyl (C=O) groups excluding carboxylic acids is 1. The standard InChI is InChI=1S/C20H24Cl2N2O5S/c1-12(14-6-9-18(28-3)19(10-14)29-4)23-20(25)13(2)24(30(5,26)27)17-11-15(21)7-8-16(17)22/h6-13H,1-5H3,(H,23,25)/t12-,13-/m0/s1. The molecule has 0 unspecified atom stereocenters. The van der Waals surface area contributed by atoms with Crippen LogP contribution in [-0.4, -0.2) is 40.8 Å². The van der Waals surface area contributed by atoms with Crippen molar-refractivity contribution in [1.82, 2.24) is 5.32 Å². The van der Waals surface area contributed by atoms with Gasteiger partial charge in [-0.25, -0.2) is 8.42 Å². The van der Waals surface area contributed by atoms with Crippen LogP contribution in [0, 0.1) is 0 Å². The number of amides is 1. The summed E-state index contributed by atoms with van der Waals surface area (Å²) in [6.07, 6.45) is 1.01. The van der Waals surface area contributed by atoms with Crippen molar-refractivity contribution in [3.8, 4) is 11.5 Å². The summed E-state index contributed by atoms with van der Waals surface area (Å²) in [5.74, 6) is 0.582. The molecule has 0 radical (unpaired) electrons. The largest absolute Gasteiger partial charge is 0.493 e. The van der Waals surface area contributed by atoms with Gasteiger partial charge in [-0.2, -0.15) is 0 Å². The molecule has 164 valence electrons. The SMILES string of the molecule is COc1ccc([C@H](C)NC(=O)[C@H](C)N(c2cc(Cl)ccc2Cl)S(C)(=O)=O)cc1OC. The van der Waals surface area contributed by atoms with Gasteiger partial charge < -0.3 is 14.8 Å². The lowest BCUT2D eigenvalue weighted by molar-refractivity contribution is -0.122. The number of nitrogens with zero attached hydrogens (tertiary/aromatic N) is 1. The van der Waals surface area contributed by atoms with Crippen LogP contribution in [-0.2, 0) is 14.8 Å². The molecule has 0 spiro atoms. The van der Waals surface area contributed by atoms with Crippen molar-refractivity contribution < 1.29 is 22.7 Å². The number of rotatable bonds is 8. The Labute approximate surface area is 186 Å². The van der Waals surface area contributed by atoms with Gasteiger partial charge in [0.1, 0.15) is 6.04 Å². The summed E-state index contributed by atoms with van der Waals surface area (Å²) in [6, 6.07) is 8.21. The average molecular weight is 475 g/mol. The van der Waals surface area contributed by atoms with Gasteiger partial charge in [0.05, 0.1) is 37.2 Å². The van der Waals surface area contributed by atoms with Crippen LogP contribution in [0.3, 0.4) is 0 Å². The molecule has 2 atom stereocenters. The quantitative estimate of drug-likeness (QED) is 0.623. The third-order valence-corrected chi connectivity index (χ3v) is 6.28. The number of methoxy groups -OCH3 is 2. The highest BCUT2D eigenvalue weighted by atomic mass is 35.5. The van der Waals surface area contributed by atoms with Crippen LogP contribution < -0.4 is 19.1 Å². The molecule has 0 aromatic heterocycles. The van der Waals surface area contributed by atoms with E-state index in [9.17, 15) is 13.2 Å². The minimum absolute atomic E-state index is 0.132. The Bertz CT molecular complexity index is 1030. The monoisotopic (exact) mass is 474 g/mol. The number of benzene rings is 2. The molecule has 0 saturated heterocycles. The van der Waals surface area contributed by atoms with E-state index in [2.05, 4.69) is 5.32 Å². The number of hydrogen-bond donors (Lipinski definition) is 1. The van der Waals surface area contributed by atoms with E-state index in [0.717, 1.165) is 16.1 Å². The van der Waals surface area contributed by atoms with Crippen LogP contribution in [0.5, 0.6) is 11.5 Å². The first-order valence-corrected chi connectivity index (χ1v) is 11.6. The second kappa shape index (κ2) is 9.76. The van der Waals surface area contributed by atoms with Crippen LogP contribution in [0.1, 0.15) is 25.5 Å². The van der Waals surface area contributed by atoms with E-state index in [4.69, 9.17) is 32.7 Å². The number of carbonyl (C=O) groups is 1. The summed E-state index contributed by atoms with van der Waals surface area (Å²) in [5.41, 5.74) is 0.896. The fraction of sp³-hybridized carbons (Fsp3) is 0.350. The topological polar surface area (TPSA) is 84.9 Å². The molecule has 2 rings (SSSR count). The van der Waals surface area contributed by atoms with Crippen LogP contribution in [0.25, 0.3) is 0 Å². The zero-order valence-electron chi connectivity index (χ0n) is 17.3. The predicted octanol–water partition coefficient (Wildman–Crippen LogP) is 4.04. The van der Waals surface area contributed by atoms with Gasteiger partial charge in [-0.05, 0) is 49.7 Å². The van der Waals surface area contributed by atoms with Crippen molar-refractivity contribution in [2.45, 2.75) is 25.9 Å². The number of ether oxygens (including phenoxy) is 2. The average Bonchev–Trinajstić information content (AvgIpc) is 2.68. The van der Waals surface area contributed by atoms with Crippen molar-refractivity contribution in [2.75, 3.05) is 24.8 Å². The Morgan fingerprint density at radius 3 is 2.23 bits per heavy atom. The zero-order valence-corrected chi connectivity index (χ0v) is 19.6. The third kappa shape index (κ3) is 5.50. The summed E-state index contributed by atoms with van der Waals surface area (Å²) in [6.45, 7) is 3.26. The highest BCUT2D eigenvalue weighted by Gasteiger charge is 2.31. The molecule has 10 heteroatoms. The highest BCUT2D eigenvalue weighted by molar-refractivity contribution is 7.92.